The summed E-state index contributed by atoms with van der Waals surface area (Å²) in [5.74, 6) is 1.57. The molecule has 0 bridgehead atoms. The lowest BCUT2D eigenvalue weighted by Crippen LogP contribution is -2.40. The molecule has 0 spiro atoms. The van der Waals surface area contributed by atoms with E-state index in [4.69, 9.17) is 9.72 Å². The number of hydrogen-bond acceptors (Lipinski definition) is 6. The lowest BCUT2D eigenvalue weighted by Gasteiger charge is -2.36. The molecule has 1 atom stereocenters. The van der Waals surface area contributed by atoms with Crippen molar-refractivity contribution in [2.24, 2.45) is 0 Å². The van der Waals surface area contributed by atoms with Gasteiger partial charge in [0.05, 0.1) is 19.3 Å². The molecular weight excluding hydrogens is 368 g/mol. The van der Waals surface area contributed by atoms with E-state index in [1.165, 1.54) is 16.0 Å². The highest BCUT2D eigenvalue weighted by atomic mass is 32.2. The Morgan fingerprint density at radius 1 is 1.11 bits per heavy atom. The minimum absolute atomic E-state index is 0.162. The van der Waals surface area contributed by atoms with Crippen LogP contribution in [0, 0.1) is 0 Å². The van der Waals surface area contributed by atoms with Gasteiger partial charge in [-0.3, -0.25) is 0 Å². The van der Waals surface area contributed by atoms with Crippen LogP contribution in [0.25, 0.3) is 0 Å². The normalized spacial score (nSPS) is 16.8. The molecule has 2 aromatic carbocycles. The molecule has 1 aliphatic heterocycles. The molecule has 5 nitrogen and oxygen atoms in total. The largest absolute Gasteiger partial charge is 0.377 e. The molecule has 144 valence electrons. The minimum Gasteiger partial charge on any atom is -0.377 e. The molecule has 0 saturated carbocycles. The number of rotatable bonds is 6. The average molecular weight is 393 g/mol. The molecule has 0 radical (unpaired) electrons. The van der Waals surface area contributed by atoms with Crippen LogP contribution >= 0.6 is 11.8 Å². The number of aromatic nitrogens is 2. The molecule has 1 aromatic heterocycles. The third kappa shape index (κ3) is 4.29. The van der Waals surface area contributed by atoms with Gasteiger partial charge in [0.1, 0.15) is 5.82 Å². The SMILES string of the molecule is CSc1ccccc1CNc1nccc(N2CCOC[C@@H]2c2ccccc2)n1. The van der Waals surface area contributed by atoms with E-state index in [0.717, 1.165) is 12.4 Å². The topological polar surface area (TPSA) is 50.3 Å². The zero-order chi connectivity index (χ0) is 19.2. The monoisotopic (exact) mass is 392 g/mol. The fourth-order valence-corrected chi connectivity index (χ4v) is 4.06. The van der Waals surface area contributed by atoms with E-state index < -0.39 is 0 Å². The van der Waals surface area contributed by atoms with E-state index in [1.54, 1.807) is 11.8 Å². The van der Waals surface area contributed by atoms with Gasteiger partial charge in [-0.05, 0) is 29.5 Å². The predicted octanol–water partition coefficient (Wildman–Crippen LogP) is 4.39. The van der Waals surface area contributed by atoms with Gasteiger partial charge in [-0.1, -0.05) is 48.5 Å². The summed E-state index contributed by atoms with van der Waals surface area (Å²) in [6.07, 6.45) is 3.92. The summed E-state index contributed by atoms with van der Waals surface area (Å²) in [5, 5.41) is 3.38. The first-order valence-corrected chi connectivity index (χ1v) is 10.7. The molecule has 1 aliphatic rings. The van der Waals surface area contributed by atoms with Gasteiger partial charge in [0.2, 0.25) is 5.95 Å². The average Bonchev–Trinajstić information content (AvgIpc) is 2.78. The van der Waals surface area contributed by atoms with Gasteiger partial charge in [-0.25, -0.2) is 4.98 Å². The van der Waals surface area contributed by atoms with Crippen molar-refractivity contribution in [2.45, 2.75) is 17.5 Å². The zero-order valence-electron chi connectivity index (χ0n) is 15.9. The standard InChI is InChI=1S/C22H24N4OS/c1-28-20-10-6-5-9-18(20)15-24-22-23-12-11-21(25-22)26-13-14-27-16-19(26)17-7-3-2-4-8-17/h2-12,19H,13-16H2,1H3,(H,23,24,25)/t19-/m1/s1. The van der Waals surface area contributed by atoms with Crippen molar-refractivity contribution in [1.29, 1.82) is 0 Å². The van der Waals surface area contributed by atoms with E-state index in [-0.39, 0.29) is 6.04 Å². The zero-order valence-corrected chi connectivity index (χ0v) is 16.7. The number of hydrogen-bond donors (Lipinski definition) is 1. The summed E-state index contributed by atoms with van der Waals surface area (Å²) in [5.41, 5.74) is 2.49. The van der Waals surface area contributed by atoms with Crippen LogP contribution in [0.3, 0.4) is 0 Å². The van der Waals surface area contributed by atoms with Crippen molar-refractivity contribution >= 4 is 23.5 Å². The lowest BCUT2D eigenvalue weighted by molar-refractivity contribution is 0.0937. The van der Waals surface area contributed by atoms with Crippen molar-refractivity contribution in [3.63, 3.8) is 0 Å². The first kappa shape index (κ1) is 18.8. The summed E-state index contributed by atoms with van der Waals surface area (Å²) >= 11 is 1.75. The number of nitrogens with one attached hydrogen (secondary N) is 1. The Hall–Kier alpha value is -2.57. The molecule has 3 aromatic rings. The second kappa shape index (κ2) is 9.08. The van der Waals surface area contributed by atoms with Crippen LogP contribution in [-0.2, 0) is 11.3 Å². The second-order valence-corrected chi connectivity index (χ2v) is 7.45. The highest BCUT2D eigenvalue weighted by Gasteiger charge is 2.25. The number of ether oxygens (including phenoxy) is 1. The summed E-state index contributed by atoms with van der Waals surface area (Å²) in [6, 6.07) is 21.0. The van der Waals surface area contributed by atoms with Crippen molar-refractivity contribution in [3.8, 4) is 0 Å². The van der Waals surface area contributed by atoms with Gasteiger partial charge < -0.3 is 15.0 Å². The molecule has 1 fully saturated rings. The Morgan fingerprint density at radius 2 is 1.93 bits per heavy atom. The third-order valence-corrected chi connectivity index (χ3v) is 5.72. The maximum atomic E-state index is 5.75. The van der Waals surface area contributed by atoms with Gasteiger partial charge in [0, 0.05) is 24.2 Å². The van der Waals surface area contributed by atoms with Crippen molar-refractivity contribution < 1.29 is 4.74 Å². The maximum absolute atomic E-state index is 5.75. The summed E-state index contributed by atoms with van der Waals surface area (Å²) in [7, 11) is 0. The molecule has 6 heteroatoms. The van der Waals surface area contributed by atoms with Gasteiger partial charge in [0.25, 0.3) is 0 Å². The van der Waals surface area contributed by atoms with Crippen molar-refractivity contribution in [1.82, 2.24) is 9.97 Å². The highest BCUT2D eigenvalue weighted by molar-refractivity contribution is 7.98. The van der Waals surface area contributed by atoms with Gasteiger partial charge in [-0.2, -0.15) is 4.98 Å². The van der Waals surface area contributed by atoms with Gasteiger partial charge in [-0.15, -0.1) is 11.8 Å². The molecule has 2 heterocycles. The maximum Gasteiger partial charge on any atom is 0.224 e. The van der Waals surface area contributed by atoms with Crippen LogP contribution in [0.4, 0.5) is 11.8 Å². The number of benzene rings is 2. The summed E-state index contributed by atoms with van der Waals surface area (Å²) < 4.78 is 5.75. The van der Waals surface area contributed by atoms with Crippen LogP contribution < -0.4 is 10.2 Å². The van der Waals surface area contributed by atoms with E-state index >= 15 is 0 Å². The number of thioether (sulfide) groups is 1. The first-order valence-electron chi connectivity index (χ1n) is 9.43. The fourth-order valence-electron chi connectivity index (χ4n) is 3.45. The second-order valence-electron chi connectivity index (χ2n) is 6.60. The molecular formula is C22H24N4OS. The number of morpholine rings is 1. The Labute approximate surface area is 170 Å². The summed E-state index contributed by atoms with van der Waals surface area (Å²) in [4.78, 5) is 12.8. The van der Waals surface area contributed by atoms with Crippen LogP contribution in [0.15, 0.2) is 71.8 Å². The van der Waals surface area contributed by atoms with Crippen molar-refractivity contribution in [3.05, 3.63) is 78.0 Å². The van der Waals surface area contributed by atoms with Crippen molar-refractivity contribution in [2.75, 3.05) is 36.2 Å². The molecule has 0 amide bonds. The Balaban J connectivity index is 1.52. The first-order chi connectivity index (χ1) is 13.8. The number of anilines is 2. The quantitative estimate of drug-likeness (QED) is 0.628. The molecule has 1 N–H and O–H groups in total. The van der Waals surface area contributed by atoms with E-state index in [0.29, 0.717) is 25.7 Å². The molecule has 4 rings (SSSR count). The van der Waals surface area contributed by atoms with Crippen LogP contribution in [0.1, 0.15) is 17.2 Å². The highest BCUT2D eigenvalue weighted by Crippen LogP contribution is 2.29. The Morgan fingerprint density at radius 3 is 2.79 bits per heavy atom. The van der Waals surface area contributed by atoms with Gasteiger partial charge in [0.15, 0.2) is 0 Å². The van der Waals surface area contributed by atoms with Crippen LogP contribution in [-0.4, -0.2) is 36.0 Å². The fraction of sp³-hybridized carbons (Fsp3) is 0.273. The minimum atomic E-state index is 0.162. The molecule has 28 heavy (non-hydrogen) atoms. The number of nitrogens with zero attached hydrogens (tertiary/aromatic N) is 3. The van der Waals surface area contributed by atoms with Crippen LogP contribution in [0.2, 0.25) is 0 Å². The van der Waals surface area contributed by atoms with E-state index in [2.05, 4.69) is 70.0 Å². The van der Waals surface area contributed by atoms with Crippen LogP contribution in [0.5, 0.6) is 0 Å². The molecule has 0 unspecified atom stereocenters. The molecule has 1 saturated heterocycles. The lowest BCUT2D eigenvalue weighted by atomic mass is 10.1. The van der Waals surface area contributed by atoms with Gasteiger partial charge >= 0.3 is 0 Å². The predicted molar refractivity (Wildman–Crippen MR) is 115 cm³/mol. The Kier molecular flexibility index (Phi) is 6.09. The van der Waals surface area contributed by atoms with E-state index in [1.807, 2.05) is 18.3 Å². The molecule has 0 aliphatic carbocycles. The summed E-state index contributed by atoms with van der Waals surface area (Å²) in [6.45, 7) is 2.88. The Bertz CT molecular complexity index is 906. The third-order valence-electron chi connectivity index (χ3n) is 4.88. The smallest absolute Gasteiger partial charge is 0.224 e. The van der Waals surface area contributed by atoms with E-state index in [9.17, 15) is 0 Å².